The molecule has 1 saturated heterocycles. The van der Waals surface area contributed by atoms with E-state index in [1.807, 2.05) is 18.2 Å². The maximum Gasteiger partial charge on any atom is 0.0612 e. The van der Waals surface area contributed by atoms with Crippen molar-refractivity contribution in [1.82, 2.24) is 5.32 Å². The number of ether oxygens (including phenoxy) is 1. The van der Waals surface area contributed by atoms with Gasteiger partial charge in [0.25, 0.3) is 0 Å². The molecule has 2 rings (SSSR count). The number of hydrogen-bond donors (Lipinski definition) is 1. The highest BCUT2D eigenvalue weighted by Gasteiger charge is 2.24. The Morgan fingerprint density at radius 1 is 1.35 bits per heavy atom. The van der Waals surface area contributed by atoms with Crippen molar-refractivity contribution in [2.24, 2.45) is 5.92 Å². The van der Waals surface area contributed by atoms with E-state index in [2.05, 4.69) is 19.2 Å². The Hall–Kier alpha value is -0.280. The molecule has 0 bridgehead atoms. The van der Waals surface area contributed by atoms with Crippen molar-refractivity contribution in [3.8, 4) is 0 Å². The van der Waals surface area contributed by atoms with E-state index in [1.54, 1.807) is 0 Å². The summed E-state index contributed by atoms with van der Waals surface area (Å²) in [7, 11) is 0. The molecule has 1 aliphatic rings. The molecular weight excluding hydrogens is 293 g/mol. The molecule has 1 heterocycles. The lowest BCUT2D eigenvalue weighted by atomic mass is 9.95. The molecule has 1 fully saturated rings. The number of hydrogen-bond acceptors (Lipinski definition) is 2. The van der Waals surface area contributed by atoms with Gasteiger partial charge in [0.2, 0.25) is 0 Å². The third kappa shape index (κ3) is 4.63. The Labute approximate surface area is 131 Å². The highest BCUT2D eigenvalue weighted by molar-refractivity contribution is 6.35. The van der Waals surface area contributed by atoms with Gasteiger partial charge in [-0.05, 0) is 49.4 Å². The Morgan fingerprint density at radius 2 is 2.15 bits per heavy atom. The van der Waals surface area contributed by atoms with Crippen LogP contribution in [-0.2, 0) is 11.2 Å². The molecule has 20 heavy (non-hydrogen) atoms. The van der Waals surface area contributed by atoms with Gasteiger partial charge in [0, 0.05) is 22.7 Å². The van der Waals surface area contributed by atoms with Gasteiger partial charge in [0.15, 0.2) is 0 Å². The average Bonchev–Trinajstić information content (AvgIpc) is 2.41. The van der Waals surface area contributed by atoms with Crippen molar-refractivity contribution in [2.45, 2.75) is 45.3 Å². The molecule has 2 nitrogen and oxygen atoms in total. The van der Waals surface area contributed by atoms with Crippen LogP contribution in [0.5, 0.6) is 0 Å². The molecule has 2 atom stereocenters. The van der Waals surface area contributed by atoms with Crippen molar-refractivity contribution in [3.05, 3.63) is 33.8 Å². The summed E-state index contributed by atoms with van der Waals surface area (Å²) >= 11 is 12.1. The minimum Gasteiger partial charge on any atom is -0.378 e. The van der Waals surface area contributed by atoms with Gasteiger partial charge in [0.1, 0.15) is 0 Å². The van der Waals surface area contributed by atoms with E-state index in [4.69, 9.17) is 27.9 Å². The Kier molecular flexibility index (Phi) is 6.16. The van der Waals surface area contributed by atoms with Gasteiger partial charge in [-0.15, -0.1) is 0 Å². The minimum atomic E-state index is 0.389. The van der Waals surface area contributed by atoms with E-state index in [0.717, 1.165) is 43.0 Å². The van der Waals surface area contributed by atoms with E-state index < -0.39 is 0 Å². The maximum absolute atomic E-state index is 6.18. The Morgan fingerprint density at radius 3 is 2.85 bits per heavy atom. The largest absolute Gasteiger partial charge is 0.378 e. The topological polar surface area (TPSA) is 21.3 Å². The molecule has 1 aromatic rings. The molecule has 0 saturated carbocycles. The average molecular weight is 316 g/mol. The first-order valence-corrected chi connectivity index (χ1v) is 8.10. The number of rotatable bonds is 5. The fraction of sp³-hybridized carbons (Fsp3) is 0.625. The smallest absolute Gasteiger partial charge is 0.0612 e. The van der Waals surface area contributed by atoms with Crippen LogP contribution in [0, 0.1) is 5.92 Å². The SMILES string of the molecule is CC(C)C1CC(NCCc2ccc(Cl)cc2Cl)CCO1. The second-order valence-corrected chi connectivity index (χ2v) is 6.66. The van der Waals surface area contributed by atoms with Gasteiger partial charge in [-0.2, -0.15) is 0 Å². The third-order valence-electron chi connectivity index (χ3n) is 3.90. The van der Waals surface area contributed by atoms with Crippen LogP contribution in [0.2, 0.25) is 10.0 Å². The van der Waals surface area contributed by atoms with Crippen molar-refractivity contribution >= 4 is 23.2 Å². The first kappa shape index (κ1) is 16.1. The second kappa shape index (κ2) is 7.65. The van der Waals surface area contributed by atoms with Gasteiger partial charge in [-0.3, -0.25) is 0 Å². The zero-order valence-electron chi connectivity index (χ0n) is 12.2. The van der Waals surface area contributed by atoms with Crippen LogP contribution in [0.1, 0.15) is 32.3 Å². The fourth-order valence-electron chi connectivity index (χ4n) is 2.61. The van der Waals surface area contributed by atoms with Crippen LogP contribution in [0.4, 0.5) is 0 Å². The molecule has 1 aromatic carbocycles. The first-order valence-electron chi connectivity index (χ1n) is 7.35. The summed E-state index contributed by atoms with van der Waals surface area (Å²) in [6.07, 6.45) is 3.52. The molecule has 0 aromatic heterocycles. The molecular formula is C16H23Cl2NO. The van der Waals surface area contributed by atoms with E-state index in [-0.39, 0.29) is 0 Å². The van der Waals surface area contributed by atoms with Crippen molar-refractivity contribution in [1.29, 1.82) is 0 Å². The first-order chi connectivity index (χ1) is 9.56. The number of halogens is 2. The highest BCUT2D eigenvalue weighted by Crippen LogP contribution is 2.22. The quantitative estimate of drug-likeness (QED) is 0.873. The second-order valence-electron chi connectivity index (χ2n) is 5.81. The summed E-state index contributed by atoms with van der Waals surface area (Å²) in [6, 6.07) is 6.27. The van der Waals surface area contributed by atoms with Gasteiger partial charge in [-0.25, -0.2) is 0 Å². The summed E-state index contributed by atoms with van der Waals surface area (Å²) < 4.78 is 5.79. The van der Waals surface area contributed by atoms with Crippen molar-refractivity contribution < 1.29 is 4.74 Å². The van der Waals surface area contributed by atoms with Crippen LogP contribution in [0.3, 0.4) is 0 Å². The van der Waals surface area contributed by atoms with Crippen molar-refractivity contribution in [2.75, 3.05) is 13.2 Å². The van der Waals surface area contributed by atoms with Gasteiger partial charge in [0.05, 0.1) is 6.10 Å². The Balaban J connectivity index is 1.78. The van der Waals surface area contributed by atoms with E-state index >= 15 is 0 Å². The van der Waals surface area contributed by atoms with Crippen LogP contribution in [-0.4, -0.2) is 25.3 Å². The molecule has 112 valence electrons. The summed E-state index contributed by atoms with van der Waals surface area (Å²) in [5.74, 6) is 0.588. The maximum atomic E-state index is 6.18. The highest BCUT2D eigenvalue weighted by atomic mass is 35.5. The lowest BCUT2D eigenvalue weighted by Crippen LogP contribution is -2.41. The van der Waals surface area contributed by atoms with Crippen LogP contribution in [0.15, 0.2) is 18.2 Å². The molecule has 0 amide bonds. The standard InChI is InChI=1S/C16H23Cl2NO/c1-11(2)16-10-14(6-8-20-16)19-7-5-12-3-4-13(17)9-15(12)18/h3-4,9,11,14,16,19H,5-8,10H2,1-2H3. The molecule has 1 N–H and O–H groups in total. The summed E-state index contributed by atoms with van der Waals surface area (Å²) in [5, 5.41) is 5.07. The fourth-order valence-corrected chi connectivity index (χ4v) is 3.12. The lowest BCUT2D eigenvalue weighted by molar-refractivity contribution is -0.0241. The van der Waals surface area contributed by atoms with Crippen LogP contribution in [0.25, 0.3) is 0 Å². The predicted molar refractivity (Wildman–Crippen MR) is 85.8 cm³/mol. The summed E-state index contributed by atoms with van der Waals surface area (Å²) in [4.78, 5) is 0. The summed E-state index contributed by atoms with van der Waals surface area (Å²) in [5.41, 5.74) is 1.15. The minimum absolute atomic E-state index is 0.389. The molecule has 0 aliphatic carbocycles. The number of nitrogens with one attached hydrogen (secondary N) is 1. The van der Waals surface area contributed by atoms with Crippen LogP contribution >= 0.6 is 23.2 Å². The van der Waals surface area contributed by atoms with E-state index in [0.29, 0.717) is 23.1 Å². The van der Waals surface area contributed by atoms with E-state index in [9.17, 15) is 0 Å². The monoisotopic (exact) mass is 315 g/mol. The molecule has 0 spiro atoms. The molecule has 4 heteroatoms. The molecule has 2 unspecified atom stereocenters. The predicted octanol–water partition coefficient (Wildman–Crippen LogP) is 4.33. The normalized spacial score (nSPS) is 23.2. The number of benzene rings is 1. The van der Waals surface area contributed by atoms with Gasteiger partial charge >= 0.3 is 0 Å². The Bertz CT molecular complexity index is 436. The van der Waals surface area contributed by atoms with Crippen LogP contribution < -0.4 is 5.32 Å². The lowest BCUT2D eigenvalue weighted by Gasteiger charge is -2.32. The van der Waals surface area contributed by atoms with Crippen molar-refractivity contribution in [3.63, 3.8) is 0 Å². The molecule has 0 radical (unpaired) electrons. The summed E-state index contributed by atoms with van der Waals surface area (Å²) in [6.45, 7) is 6.25. The van der Waals surface area contributed by atoms with E-state index in [1.165, 1.54) is 0 Å². The third-order valence-corrected chi connectivity index (χ3v) is 4.49. The zero-order valence-corrected chi connectivity index (χ0v) is 13.7. The van der Waals surface area contributed by atoms with Gasteiger partial charge in [-0.1, -0.05) is 43.1 Å². The zero-order chi connectivity index (χ0) is 14.5. The van der Waals surface area contributed by atoms with Gasteiger partial charge < -0.3 is 10.1 Å². The molecule has 1 aliphatic heterocycles.